The van der Waals surface area contributed by atoms with Gasteiger partial charge in [-0.25, -0.2) is 0 Å². The Labute approximate surface area is 106 Å². The fourth-order valence-corrected chi connectivity index (χ4v) is 2.84. The second-order valence-corrected chi connectivity index (χ2v) is 6.16. The van der Waals surface area contributed by atoms with Crippen LogP contribution >= 0.6 is 11.8 Å². The highest BCUT2D eigenvalue weighted by molar-refractivity contribution is 7.99. The van der Waals surface area contributed by atoms with E-state index in [0.717, 1.165) is 6.54 Å². The molecule has 1 saturated heterocycles. The predicted octanol–water partition coefficient (Wildman–Crippen LogP) is 2.59. The number of hydrogen-bond acceptors (Lipinski definition) is 3. The summed E-state index contributed by atoms with van der Waals surface area (Å²) >= 11 is 2.02. The first-order valence-electron chi connectivity index (χ1n) is 6.86. The summed E-state index contributed by atoms with van der Waals surface area (Å²) in [7, 11) is 0. The van der Waals surface area contributed by atoms with Crippen molar-refractivity contribution in [3.8, 4) is 0 Å². The van der Waals surface area contributed by atoms with Crippen LogP contribution in [-0.4, -0.2) is 48.6 Å². The molecule has 96 valence electrons. The number of likely N-dealkylation sites (tertiary alicyclic amines) is 1. The topological polar surface area (TPSA) is 15.3 Å². The highest BCUT2D eigenvalue weighted by Gasteiger charge is 2.11. The molecule has 1 atom stereocenters. The summed E-state index contributed by atoms with van der Waals surface area (Å²) in [6.07, 6.45) is 5.67. The van der Waals surface area contributed by atoms with Gasteiger partial charge in [-0.3, -0.25) is 0 Å². The maximum atomic E-state index is 3.62. The largest absolute Gasteiger partial charge is 0.312 e. The predicted molar refractivity (Wildman–Crippen MR) is 75.4 cm³/mol. The summed E-state index contributed by atoms with van der Waals surface area (Å²) in [5.74, 6) is 2.49. The lowest BCUT2D eigenvalue weighted by atomic mass is 10.2. The maximum Gasteiger partial charge on any atom is 0.0167 e. The Morgan fingerprint density at radius 3 is 2.50 bits per heavy atom. The number of nitrogens with zero attached hydrogens (tertiary/aromatic N) is 1. The van der Waals surface area contributed by atoms with Gasteiger partial charge in [-0.1, -0.05) is 19.8 Å². The zero-order valence-corrected chi connectivity index (χ0v) is 11.8. The molecule has 0 radical (unpaired) electrons. The lowest BCUT2D eigenvalue weighted by Gasteiger charge is -2.24. The summed E-state index contributed by atoms with van der Waals surface area (Å²) in [6.45, 7) is 9.57. The van der Waals surface area contributed by atoms with Crippen LogP contribution in [0.25, 0.3) is 0 Å². The van der Waals surface area contributed by atoms with E-state index in [1.165, 1.54) is 56.8 Å². The Kier molecular flexibility index (Phi) is 8.34. The van der Waals surface area contributed by atoms with Crippen LogP contribution in [0.2, 0.25) is 0 Å². The number of thioether (sulfide) groups is 1. The molecule has 0 spiro atoms. The maximum absolute atomic E-state index is 3.62. The van der Waals surface area contributed by atoms with Crippen molar-refractivity contribution in [3.63, 3.8) is 0 Å². The Morgan fingerprint density at radius 1 is 1.19 bits per heavy atom. The number of nitrogens with one attached hydrogen (secondary N) is 1. The number of hydrogen-bond donors (Lipinski definition) is 1. The highest BCUT2D eigenvalue weighted by Crippen LogP contribution is 2.09. The molecule has 0 aliphatic carbocycles. The van der Waals surface area contributed by atoms with Crippen molar-refractivity contribution in [1.29, 1.82) is 0 Å². The summed E-state index contributed by atoms with van der Waals surface area (Å²) in [6, 6.07) is 0.649. The van der Waals surface area contributed by atoms with E-state index in [9.17, 15) is 0 Å². The summed E-state index contributed by atoms with van der Waals surface area (Å²) in [5.41, 5.74) is 0. The Balaban J connectivity index is 2.04. The highest BCUT2D eigenvalue weighted by atomic mass is 32.2. The second-order valence-electron chi connectivity index (χ2n) is 4.77. The van der Waals surface area contributed by atoms with Gasteiger partial charge >= 0.3 is 0 Å². The minimum Gasteiger partial charge on any atom is -0.312 e. The zero-order chi connectivity index (χ0) is 11.6. The minimum absolute atomic E-state index is 0.649. The third-order valence-electron chi connectivity index (χ3n) is 3.17. The van der Waals surface area contributed by atoms with E-state index in [0.29, 0.717) is 6.04 Å². The molecule has 1 aliphatic rings. The van der Waals surface area contributed by atoms with E-state index in [2.05, 4.69) is 24.1 Å². The van der Waals surface area contributed by atoms with Crippen molar-refractivity contribution in [2.75, 3.05) is 37.7 Å². The van der Waals surface area contributed by atoms with Gasteiger partial charge < -0.3 is 10.2 Å². The summed E-state index contributed by atoms with van der Waals surface area (Å²) < 4.78 is 0. The lowest BCUT2D eigenvalue weighted by Crippen LogP contribution is -2.40. The molecular weight excluding hydrogens is 216 g/mol. The molecule has 0 amide bonds. The van der Waals surface area contributed by atoms with Gasteiger partial charge in [0.05, 0.1) is 0 Å². The molecule has 0 saturated carbocycles. The average molecular weight is 244 g/mol. The fourth-order valence-electron chi connectivity index (χ4n) is 2.29. The molecule has 1 heterocycles. The van der Waals surface area contributed by atoms with E-state index in [1.807, 2.05) is 11.8 Å². The first-order chi connectivity index (χ1) is 7.83. The Morgan fingerprint density at radius 2 is 1.88 bits per heavy atom. The molecule has 1 fully saturated rings. The van der Waals surface area contributed by atoms with E-state index in [4.69, 9.17) is 0 Å². The number of rotatable bonds is 7. The molecule has 1 N–H and O–H groups in total. The van der Waals surface area contributed by atoms with E-state index >= 15 is 0 Å². The van der Waals surface area contributed by atoms with Gasteiger partial charge in [0.2, 0.25) is 0 Å². The van der Waals surface area contributed by atoms with Crippen LogP contribution < -0.4 is 5.32 Å². The summed E-state index contributed by atoms with van der Waals surface area (Å²) in [5, 5.41) is 3.62. The molecule has 1 rings (SSSR count). The Hall–Kier alpha value is 0.270. The van der Waals surface area contributed by atoms with Crippen molar-refractivity contribution >= 4 is 11.8 Å². The minimum atomic E-state index is 0.649. The molecule has 2 nitrogen and oxygen atoms in total. The first kappa shape index (κ1) is 14.3. The molecular formula is C13H28N2S. The average Bonchev–Trinajstić information content (AvgIpc) is 2.53. The third-order valence-corrected chi connectivity index (χ3v) is 4.08. The van der Waals surface area contributed by atoms with Crippen LogP contribution in [0.4, 0.5) is 0 Å². The van der Waals surface area contributed by atoms with Gasteiger partial charge in [0.25, 0.3) is 0 Å². The van der Waals surface area contributed by atoms with E-state index in [1.54, 1.807) is 0 Å². The van der Waals surface area contributed by atoms with E-state index < -0.39 is 0 Å². The van der Waals surface area contributed by atoms with Crippen LogP contribution in [0.5, 0.6) is 0 Å². The monoisotopic (exact) mass is 244 g/mol. The van der Waals surface area contributed by atoms with Gasteiger partial charge in [-0.15, -0.1) is 0 Å². The van der Waals surface area contributed by atoms with Gasteiger partial charge in [-0.2, -0.15) is 11.8 Å². The normalized spacial score (nSPS) is 20.6. The van der Waals surface area contributed by atoms with E-state index in [-0.39, 0.29) is 0 Å². The van der Waals surface area contributed by atoms with Crippen LogP contribution in [0.3, 0.4) is 0 Å². The molecule has 0 bridgehead atoms. The van der Waals surface area contributed by atoms with Crippen molar-refractivity contribution in [2.45, 2.75) is 45.6 Å². The second kappa shape index (κ2) is 9.32. The molecule has 0 aromatic carbocycles. The lowest BCUT2D eigenvalue weighted by molar-refractivity contribution is 0.258. The molecule has 1 aliphatic heterocycles. The first-order valence-corrected chi connectivity index (χ1v) is 8.02. The van der Waals surface area contributed by atoms with Crippen molar-refractivity contribution in [2.24, 2.45) is 0 Å². The van der Waals surface area contributed by atoms with Crippen LogP contribution in [0.15, 0.2) is 0 Å². The van der Waals surface area contributed by atoms with Gasteiger partial charge in [0.15, 0.2) is 0 Å². The van der Waals surface area contributed by atoms with Crippen molar-refractivity contribution < 1.29 is 0 Å². The van der Waals surface area contributed by atoms with Crippen molar-refractivity contribution in [3.05, 3.63) is 0 Å². The van der Waals surface area contributed by atoms with Crippen molar-refractivity contribution in [1.82, 2.24) is 10.2 Å². The van der Waals surface area contributed by atoms with Crippen LogP contribution in [-0.2, 0) is 0 Å². The Bertz CT molecular complexity index is 156. The molecule has 16 heavy (non-hydrogen) atoms. The van der Waals surface area contributed by atoms with Crippen LogP contribution in [0.1, 0.15) is 39.5 Å². The third kappa shape index (κ3) is 6.77. The molecule has 1 unspecified atom stereocenters. The SMILES string of the molecule is CCSCCNC(C)CN1CCCCCC1. The summed E-state index contributed by atoms with van der Waals surface area (Å²) in [4.78, 5) is 2.64. The fraction of sp³-hybridized carbons (Fsp3) is 1.00. The molecule has 0 aromatic rings. The molecule has 0 aromatic heterocycles. The van der Waals surface area contributed by atoms with Gasteiger partial charge in [-0.05, 0) is 38.6 Å². The van der Waals surface area contributed by atoms with Gasteiger partial charge in [0, 0.05) is 24.9 Å². The zero-order valence-electron chi connectivity index (χ0n) is 11.0. The van der Waals surface area contributed by atoms with Gasteiger partial charge in [0.1, 0.15) is 0 Å². The smallest absolute Gasteiger partial charge is 0.0167 e. The standard InChI is InChI=1S/C13H28N2S/c1-3-16-11-8-14-13(2)12-15-9-6-4-5-7-10-15/h13-14H,3-12H2,1-2H3. The van der Waals surface area contributed by atoms with Crippen LogP contribution in [0, 0.1) is 0 Å². The quantitative estimate of drug-likeness (QED) is 0.693. The molecule has 3 heteroatoms.